The van der Waals surface area contributed by atoms with E-state index in [-0.39, 0.29) is 11.5 Å². The topological polar surface area (TPSA) is 72.7 Å². The third-order valence-corrected chi connectivity index (χ3v) is 4.01. The number of aromatic nitrogens is 2. The van der Waals surface area contributed by atoms with Crippen molar-refractivity contribution in [3.63, 3.8) is 0 Å². The van der Waals surface area contributed by atoms with E-state index < -0.39 is 5.97 Å². The Morgan fingerprint density at radius 2 is 2.00 bits per heavy atom. The number of halogens is 1. The van der Waals surface area contributed by atoms with Crippen LogP contribution in [0.5, 0.6) is 0 Å². The Bertz CT molecular complexity index is 965. The standard InChI is InChI=1S/C18H16ClN3O3/c1-3-13-16(22-10-11(19)8-9-15(22)20-13)17(23)21-14-7-5-4-6-12(14)18(24)25-2/h4-10H,3H2,1-2H3,(H,21,23). The summed E-state index contributed by atoms with van der Waals surface area (Å²) in [7, 11) is 1.29. The van der Waals surface area contributed by atoms with Crippen LogP contribution in [0.25, 0.3) is 5.65 Å². The van der Waals surface area contributed by atoms with E-state index in [2.05, 4.69) is 10.3 Å². The number of carbonyl (C=O) groups is 2. The molecule has 3 aromatic rings. The Hall–Kier alpha value is -2.86. The first-order chi connectivity index (χ1) is 12.0. The molecule has 0 radical (unpaired) electrons. The molecule has 0 unspecified atom stereocenters. The summed E-state index contributed by atoms with van der Waals surface area (Å²) in [5.74, 6) is -0.893. The third kappa shape index (κ3) is 3.21. The molecule has 1 N–H and O–H groups in total. The summed E-state index contributed by atoms with van der Waals surface area (Å²) in [6.07, 6.45) is 2.23. The zero-order chi connectivity index (χ0) is 18.0. The number of hydrogen-bond acceptors (Lipinski definition) is 4. The highest BCUT2D eigenvalue weighted by Crippen LogP contribution is 2.21. The summed E-state index contributed by atoms with van der Waals surface area (Å²) in [5, 5.41) is 3.27. The maximum absolute atomic E-state index is 12.9. The molecule has 0 atom stereocenters. The van der Waals surface area contributed by atoms with Gasteiger partial charge in [-0.3, -0.25) is 9.20 Å². The number of benzene rings is 1. The first-order valence-corrected chi connectivity index (χ1v) is 8.08. The predicted octanol–water partition coefficient (Wildman–Crippen LogP) is 3.59. The van der Waals surface area contributed by atoms with Gasteiger partial charge in [0.05, 0.1) is 29.1 Å². The molecule has 128 valence electrons. The van der Waals surface area contributed by atoms with Crippen LogP contribution >= 0.6 is 11.6 Å². The molecule has 0 aliphatic carbocycles. The fourth-order valence-corrected chi connectivity index (χ4v) is 2.78. The molecule has 0 bridgehead atoms. The van der Waals surface area contributed by atoms with E-state index in [0.29, 0.717) is 34.2 Å². The lowest BCUT2D eigenvalue weighted by molar-refractivity contribution is 0.0602. The number of aryl methyl sites for hydroxylation is 1. The smallest absolute Gasteiger partial charge is 0.339 e. The summed E-state index contributed by atoms with van der Waals surface area (Å²) < 4.78 is 6.40. The van der Waals surface area contributed by atoms with Crippen LogP contribution in [0, 0.1) is 0 Å². The molecule has 1 amide bonds. The van der Waals surface area contributed by atoms with Crippen molar-refractivity contribution in [1.29, 1.82) is 0 Å². The molecular weight excluding hydrogens is 342 g/mol. The monoisotopic (exact) mass is 357 g/mol. The lowest BCUT2D eigenvalue weighted by Gasteiger charge is -2.10. The van der Waals surface area contributed by atoms with E-state index in [4.69, 9.17) is 16.3 Å². The van der Waals surface area contributed by atoms with Gasteiger partial charge in [0.15, 0.2) is 0 Å². The summed E-state index contributed by atoms with van der Waals surface area (Å²) >= 11 is 6.05. The van der Waals surface area contributed by atoms with E-state index >= 15 is 0 Å². The SMILES string of the molecule is CCc1nc2ccc(Cl)cn2c1C(=O)Nc1ccccc1C(=O)OC. The van der Waals surface area contributed by atoms with Crippen LogP contribution in [-0.2, 0) is 11.2 Å². The number of esters is 1. The van der Waals surface area contributed by atoms with E-state index in [1.165, 1.54) is 7.11 Å². The number of hydrogen-bond donors (Lipinski definition) is 1. The van der Waals surface area contributed by atoms with Gasteiger partial charge in [-0.05, 0) is 30.7 Å². The summed E-state index contributed by atoms with van der Waals surface area (Å²) in [4.78, 5) is 29.2. The van der Waals surface area contributed by atoms with Crippen LogP contribution in [0.1, 0.15) is 33.5 Å². The fraction of sp³-hybridized carbons (Fsp3) is 0.167. The van der Waals surface area contributed by atoms with E-state index in [9.17, 15) is 9.59 Å². The minimum Gasteiger partial charge on any atom is -0.465 e. The van der Waals surface area contributed by atoms with E-state index in [0.717, 1.165) is 0 Å². The molecule has 0 spiro atoms. The second kappa shape index (κ2) is 6.94. The zero-order valence-electron chi connectivity index (χ0n) is 13.7. The zero-order valence-corrected chi connectivity index (χ0v) is 14.5. The van der Waals surface area contributed by atoms with Crippen LogP contribution in [0.4, 0.5) is 5.69 Å². The van der Waals surface area contributed by atoms with Crippen LogP contribution in [0.2, 0.25) is 5.02 Å². The van der Waals surface area contributed by atoms with Gasteiger partial charge in [0, 0.05) is 6.20 Å². The molecule has 2 heterocycles. The summed E-state index contributed by atoms with van der Waals surface area (Å²) in [6, 6.07) is 10.1. The number of ether oxygens (including phenoxy) is 1. The number of pyridine rings is 1. The molecule has 3 rings (SSSR count). The van der Waals surface area contributed by atoms with Crippen LogP contribution < -0.4 is 5.32 Å². The van der Waals surface area contributed by atoms with Gasteiger partial charge in [0.1, 0.15) is 11.3 Å². The Labute approximate surface area is 149 Å². The molecule has 0 saturated heterocycles. The Morgan fingerprint density at radius 3 is 2.72 bits per heavy atom. The molecule has 0 aliphatic heterocycles. The third-order valence-electron chi connectivity index (χ3n) is 3.79. The lowest BCUT2D eigenvalue weighted by Crippen LogP contribution is -2.18. The van der Waals surface area contributed by atoms with Crippen molar-refractivity contribution in [3.05, 3.63) is 64.6 Å². The number of amides is 1. The van der Waals surface area contributed by atoms with Crippen molar-refractivity contribution in [3.8, 4) is 0 Å². The number of methoxy groups -OCH3 is 1. The Kier molecular flexibility index (Phi) is 4.72. The fourth-order valence-electron chi connectivity index (χ4n) is 2.62. The highest BCUT2D eigenvalue weighted by Gasteiger charge is 2.20. The largest absolute Gasteiger partial charge is 0.465 e. The molecule has 0 fully saturated rings. The van der Waals surface area contributed by atoms with Gasteiger partial charge < -0.3 is 10.1 Å². The highest BCUT2D eigenvalue weighted by atomic mass is 35.5. The van der Waals surface area contributed by atoms with Gasteiger partial charge in [0.2, 0.25) is 0 Å². The van der Waals surface area contributed by atoms with Gasteiger partial charge in [-0.2, -0.15) is 0 Å². The van der Waals surface area contributed by atoms with Gasteiger partial charge in [-0.15, -0.1) is 0 Å². The lowest BCUT2D eigenvalue weighted by atomic mass is 10.1. The summed E-state index contributed by atoms with van der Waals surface area (Å²) in [5.41, 5.74) is 2.32. The number of fused-ring (bicyclic) bond motifs is 1. The predicted molar refractivity (Wildman–Crippen MR) is 95.3 cm³/mol. The number of nitrogens with zero attached hydrogens (tertiary/aromatic N) is 2. The Balaban J connectivity index is 2.04. The van der Waals surface area contributed by atoms with Crippen molar-refractivity contribution in [2.75, 3.05) is 12.4 Å². The minimum absolute atomic E-state index is 0.281. The van der Waals surface area contributed by atoms with Crippen molar-refractivity contribution >= 4 is 34.8 Å². The first-order valence-electron chi connectivity index (χ1n) is 7.70. The quantitative estimate of drug-likeness (QED) is 0.724. The average molecular weight is 358 g/mol. The number of rotatable bonds is 4. The molecule has 1 aromatic carbocycles. The van der Waals surface area contributed by atoms with E-state index in [1.807, 2.05) is 6.92 Å². The molecule has 0 saturated carbocycles. The first kappa shape index (κ1) is 17.0. The highest BCUT2D eigenvalue weighted by molar-refractivity contribution is 6.30. The van der Waals surface area contributed by atoms with Crippen LogP contribution in [-0.4, -0.2) is 28.4 Å². The molecular formula is C18H16ClN3O3. The Morgan fingerprint density at radius 1 is 1.24 bits per heavy atom. The van der Waals surface area contributed by atoms with Gasteiger partial charge in [0.25, 0.3) is 5.91 Å². The molecule has 0 aliphatic rings. The van der Waals surface area contributed by atoms with Crippen LogP contribution in [0.15, 0.2) is 42.6 Å². The van der Waals surface area contributed by atoms with Gasteiger partial charge in [-0.25, -0.2) is 9.78 Å². The van der Waals surface area contributed by atoms with Crippen molar-refractivity contribution in [2.24, 2.45) is 0 Å². The van der Waals surface area contributed by atoms with E-state index in [1.54, 1.807) is 47.0 Å². The number of para-hydroxylation sites is 1. The number of anilines is 1. The number of nitrogens with one attached hydrogen (secondary N) is 1. The average Bonchev–Trinajstić information content (AvgIpc) is 2.99. The van der Waals surface area contributed by atoms with Gasteiger partial charge in [-0.1, -0.05) is 30.7 Å². The molecule has 7 heteroatoms. The summed E-state index contributed by atoms with van der Waals surface area (Å²) in [6.45, 7) is 1.92. The van der Waals surface area contributed by atoms with Crippen molar-refractivity contribution in [1.82, 2.24) is 9.38 Å². The maximum Gasteiger partial charge on any atom is 0.339 e. The van der Waals surface area contributed by atoms with Crippen molar-refractivity contribution < 1.29 is 14.3 Å². The second-order valence-corrected chi connectivity index (χ2v) is 5.76. The minimum atomic E-state index is -0.521. The van der Waals surface area contributed by atoms with Crippen LogP contribution in [0.3, 0.4) is 0 Å². The molecule has 6 nitrogen and oxygen atoms in total. The second-order valence-electron chi connectivity index (χ2n) is 5.33. The normalized spacial score (nSPS) is 10.7. The number of imidazole rings is 1. The molecule has 2 aromatic heterocycles. The number of carbonyl (C=O) groups excluding carboxylic acids is 2. The van der Waals surface area contributed by atoms with Gasteiger partial charge >= 0.3 is 5.97 Å². The maximum atomic E-state index is 12.9. The molecule has 25 heavy (non-hydrogen) atoms. The van der Waals surface area contributed by atoms with Crippen molar-refractivity contribution in [2.45, 2.75) is 13.3 Å².